The van der Waals surface area contributed by atoms with Crippen molar-refractivity contribution in [2.75, 3.05) is 18.0 Å². The van der Waals surface area contributed by atoms with Crippen LogP contribution in [-0.2, 0) is 16.0 Å². The number of anilines is 1. The molecule has 1 unspecified atom stereocenters. The van der Waals surface area contributed by atoms with E-state index in [2.05, 4.69) is 10.7 Å². The van der Waals surface area contributed by atoms with Crippen LogP contribution < -0.4 is 15.6 Å². The molecule has 3 rings (SSSR count). The summed E-state index contributed by atoms with van der Waals surface area (Å²) in [6.45, 7) is 4.28. The van der Waals surface area contributed by atoms with Crippen molar-refractivity contribution in [3.8, 4) is 0 Å². The molecule has 0 bridgehead atoms. The number of urea groups is 1. The lowest BCUT2D eigenvalue weighted by Gasteiger charge is -2.24. The van der Waals surface area contributed by atoms with Gasteiger partial charge in [0.1, 0.15) is 5.54 Å². The molecule has 1 aliphatic heterocycles. The van der Waals surface area contributed by atoms with Gasteiger partial charge in [0.25, 0.3) is 11.8 Å². The number of hydrogen-bond acceptors (Lipinski definition) is 4. The molecule has 2 aromatic carbocycles. The van der Waals surface area contributed by atoms with Gasteiger partial charge >= 0.3 is 6.03 Å². The van der Waals surface area contributed by atoms with Gasteiger partial charge in [-0.05, 0) is 44.4 Å². The number of hydrazine groups is 1. The number of benzene rings is 2. The molecule has 0 saturated carbocycles. The van der Waals surface area contributed by atoms with Crippen LogP contribution in [0.4, 0.5) is 10.5 Å². The smallest absolute Gasteiger partial charge is 0.344 e. The number of nitrogens with one attached hydrogen (secondary N) is 2. The monoisotopic (exact) mass is 394 g/mol. The second-order valence-corrected chi connectivity index (χ2v) is 7.27. The molecule has 0 aromatic heterocycles. The summed E-state index contributed by atoms with van der Waals surface area (Å²) < 4.78 is 0. The molecule has 2 N–H and O–H groups in total. The summed E-state index contributed by atoms with van der Waals surface area (Å²) in [7, 11) is 0. The first-order valence-corrected chi connectivity index (χ1v) is 9.73. The highest BCUT2D eigenvalue weighted by Gasteiger charge is 2.48. The Balaban J connectivity index is 1.61. The molecule has 7 nitrogen and oxygen atoms in total. The number of rotatable bonds is 8. The highest BCUT2D eigenvalue weighted by atomic mass is 16.2. The Bertz CT molecular complexity index is 872. The zero-order valence-electron chi connectivity index (χ0n) is 16.7. The molecular formula is C22H26N4O3. The molecule has 4 amide bonds. The van der Waals surface area contributed by atoms with Crippen LogP contribution in [0.15, 0.2) is 60.7 Å². The lowest BCUT2D eigenvalue weighted by molar-refractivity contribution is -0.138. The van der Waals surface area contributed by atoms with E-state index in [9.17, 15) is 14.4 Å². The molecule has 152 valence electrons. The van der Waals surface area contributed by atoms with Gasteiger partial charge in [-0.25, -0.2) is 4.79 Å². The minimum atomic E-state index is -1.05. The molecule has 1 heterocycles. The lowest BCUT2D eigenvalue weighted by Crippen LogP contribution is -2.51. The van der Waals surface area contributed by atoms with Crippen LogP contribution in [0.3, 0.4) is 0 Å². The number of hydrogen-bond donors (Lipinski definition) is 2. The van der Waals surface area contributed by atoms with Gasteiger partial charge in [-0.1, -0.05) is 48.5 Å². The van der Waals surface area contributed by atoms with E-state index in [1.54, 1.807) is 6.92 Å². The maximum Gasteiger partial charge on any atom is 0.344 e. The molecule has 2 aromatic rings. The number of likely N-dealkylation sites (N-methyl/N-ethyl adjacent to an activating group) is 1. The third-order valence-corrected chi connectivity index (χ3v) is 5.09. The number of imide groups is 1. The van der Waals surface area contributed by atoms with E-state index in [-0.39, 0.29) is 6.54 Å². The molecule has 0 radical (unpaired) electrons. The molecule has 1 saturated heterocycles. The fraction of sp³-hybridized carbons (Fsp3) is 0.318. The Morgan fingerprint density at radius 1 is 1.07 bits per heavy atom. The van der Waals surface area contributed by atoms with Gasteiger partial charge in [0.15, 0.2) is 0 Å². The summed E-state index contributed by atoms with van der Waals surface area (Å²) in [5.74, 6) is -0.874. The van der Waals surface area contributed by atoms with Gasteiger partial charge < -0.3 is 10.2 Å². The maximum absolute atomic E-state index is 12.8. The van der Waals surface area contributed by atoms with Crippen molar-refractivity contribution < 1.29 is 14.4 Å². The van der Waals surface area contributed by atoms with E-state index < -0.39 is 23.4 Å². The van der Waals surface area contributed by atoms with Gasteiger partial charge in [-0.3, -0.25) is 15.0 Å². The molecule has 1 aliphatic rings. The first kappa shape index (κ1) is 20.4. The molecule has 1 fully saturated rings. The number of para-hydroxylation sites is 1. The zero-order valence-corrected chi connectivity index (χ0v) is 16.7. The van der Waals surface area contributed by atoms with Crippen molar-refractivity contribution in [2.45, 2.75) is 32.2 Å². The molecule has 0 spiro atoms. The van der Waals surface area contributed by atoms with E-state index in [0.717, 1.165) is 16.3 Å². The van der Waals surface area contributed by atoms with Gasteiger partial charge in [-0.15, -0.1) is 0 Å². The summed E-state index contributed by atoms with van der Waals surface area (Å²) >= 11 is 0. The average Bonchev–Trinajstić information content (AvgIpc) is 2.95. The van der Waals surface area contributed by atoms with E-state index in [1.165, 1.54) is 0 Å². The largest absolute Gasteiger partial charge is 0.362 e. The zero-order chi connectivity index (χ0) is 20.9. The standard InChI is InChI=1S/C22H26N4O3/c1-3-25(18-12-8-5-9-13-18)16-19(27)24-26-20(28)22(2,23-21(26)29)15-14-17-10-6-4-7-11-17/h4-13H,3,14-16H2,1-2H3,(H,23,29)(H,24,27). The Labute approximate surface area is 170 Å². The van der Waals surface area contributed by atoms with Gasteiger partial charge in [0.2, 0.25) is 0 Å². The maximum atomic E-state index is 12.8. The van der Waals surface area contributed by atoms with Gasteiger partial charge in [0, 0.05) is 12.2 Å². The van der Waals surface area contributed by atoms with E-state index in [4.69, 9.17) is 0 Å². The molecule has 0 aliphatic carbocycles. The predicted molar refractivity (Wildman–Crippen MR) is 111 cm³/mol. The third kappa shape index (κ3) is 4.74. The highest BCUT2D eigenvalue weighted by Crippen LogP contribution is 2.22. The van der Waals surface area contributed by atoms with Crippen molar-refractivity contribution in [2.24, 2.45) is 0 Å². The quantitative estimate of drug-likeness (QED) is 0.674. The number of carbonyl (C=O) groups excluding carboxylic acids is 3. The van der Waals surface area contributed by atoms with Crippen LogP contribution in [0.25, 0.3) is 0 Å². The predicted octanol–water partition coefficient (Wildman–Crippen LogP) is 2.49. The topological polar surface area (TPSA) is 81.8 Å². The van der Waals surface area contributed by atoms with Crippen molar-refractivity contribution >= 4 is 23.5 Å². The minimum Gasteiger partial charge on any atom is -0.362 e. The SMILES string of the molecule is CCN(CC(=O)NN1C(=O)NC(C)(CCc2ccccc2)C1=O)c1ccccc1. The number of aryl methyl sites for hydroxylation is 1. The molecule has 7 heteroatoms. The lowest BCUT2D eigenvalue weighted by atomic mass is 9.93. The summed E-state index contributed by atoms with van der Waals surface area (Å²) in [5.41, 5.74) is 3.39. The third-order valence-electron chi connectivity index (χ3n) is 5.09. The van der Waals surface area contributed by atoms with Crippen LogP contribution in [-0.4, -0.2) is 41.5 Å². The Morgan fingerprint density at radius 2 is 1.69 bits per heavy atom. The average molecular weight is 394 g/mol. The summed E-state index contributed by atoms with van der Waals surface area (Å²) in [5, 5.41) is 3.51. The summed E-state index contributed by atoms with van der Waals surface area (Å²) in [6, 6.07) is 18.7. The van der Waals surface area contributed by atoms with Crippen LogP contribution in [0.2, 0.25) is 0 Å². The summed E-state index contributed by atoms with van der Waals surface area (Å²) in [6.07, 6.45) is 1.09. The molecular weight excluding hydrogens is 368 g/mol. The molecule has 29 heavy (non-hydrogen) atoms. The normalized spacial score (nSPS) is 18.5. The van der Waals surface area contributed by atoms with E-state index >= 15 is 0 Å². The van der Waals surface area contributed by atoms with Crippen molar-refractivity contribution in [1.29, 1.82) is 0 Å². The first-order chi connectivity index (χ1) is 13.9. The van der Waals surface area contributed by atoms with Crippen LogP contribution in [0.1, 0.15) is 25.8 Å². The Hall–Kier alpha value is -3.35. The van der Waals surface area contributed by atoms with Crippen LogP contribution in [0.5, 0.6) is 0 Å². The van der Waals surface area contributed by atoms with Gasteiger partial charge in [0.05, 0.1) is 6.54 Å². The Morgan fingerprint density at radius 3 is 2.31 bits per heavy atom. The van der Waals surface area contributed by atoms with Crippen molar-refractivity contribution in [3.63, 3.8) is 0 Å². The fourth-order valence-electron chi connectivity index (χ4n) is 3.35. The Kier molecular flexibility index (Phi) is 6.16. The van der Waals surface area contributed by atoms with E-state index in [1.807, 2.05) is 72.5 Å². The number of carbonyl (C=O) groups is 3. The molecule has 1 atom stereocenters. The van der Waals surface area contributed by atoms with Crippen molar-refractivity contribution in [1.82, 2.24) is 15.8 Å². The fourth-order valence-corrected chi connectivity index (χ4v) is 3.35. The van der Waals surface area contributed by atoms with Crippen molar-refractivity contribution in [3.05, 3.63) is 66.2 Å². The summed E-state index contributed by atoms with van der Waals surface area (Å²) in [4.78, 5) is 39.5. The van der Waals surface area contributed by atoms with E-state index in [0.29, 0.717) is 19.4 Å². The second-order valence-electron chi connectivity index (χ2n) is 7.27. The number of amides is 4. The van der Waals surface area contributed by atoms with Gasteiger partial charge in [-0.2, -0.15) is 5.01 Å². The first-order valence-electron chi connectivity index (χ1n) is 9.73. The second kappa shape index (κ2) is 8.77. The highest BCUT2D eigenvalue weighted by molar-refractivity contribution is 6.07. The minimum absolute atomic E-state index is 0.0400. The number of nitrogens with zero attached hydrogens (tertiary/aromatic N) is 2. The van der Waals surface area contributed by atoms with Crippen LogP contribution in [0, 0.1) is 0 Å². The van der Waals surface area contributed by atoms with Crippen LogP contribution >= 0.6 is 0 Å².